The number of nitrogens with one attached hydrogen (secondary N) is 1. The molecule has 0 bridgehead atoms. The van der Waals surface area contributed by atoms with Crippen LogP contribution in [0.25, 0.3) is 0 Å². The van der Waals surface area contributed by atoms with Gasteiger partial charge >= 0.3 is 12.0 Å². The lowest BCUT2D eigenvalue weighted by molar-refractivity contribution is -0.143. The van der Waals surface area contributed by atoms with E-state index < -0.39 is 11.9 Å². The van der Waals surface area contributed by atoms with Crippen LogP contribution in [0.4, 0.5) is 4.79 Å². The first-order valence-electron chi connectivity index (χ1n) is 7.48. The first-order chi connectivity index (χ1) is 10.9. The van der Waals surface area contributed by atoms with Crippen LogP contribution in [0.5, 0.6) is 5.75 Å². The van der Waals surface area contributed by atoms with E-state index >= 15 is 0 Å². The van der Waals surface area contributed by atoms with E-state index in [1.807, 2.05) is 13.0 Å². The minimum atomic E-state index is -0.851. The molecule has 0 aromatic heterocycles. The molecule has 0 spiro atoms. The molecule has 1 saturated heterocycles. The van der Waals surface area contributed by atoms with Crippen molar-refractivity contribution in [2.24, 2.45) is 11.8 Å². The summed E-state index contributed by atoms with van der Waals surface area (Å²) in [4.78, 5) is 25.0. The zero-order valence-corrected chi connectivity index (χ0v) is 14.0. The number of amides is 2. The van der Waals surface area contributed by atoms with Gasteiger partial charge in [0, 0.05) is 19.6 Å². The van der Waals surface area contributed by atoms with Crippen molar-refractivity contribution in [3.8, 4) is 5.75 Å². The fraction of sp³-hybridized carbons (Fsp3) is 0.500. The third kappa shape index (κ3) is 4.51. The number of nitrogens with zero attached hydrogens (tertiary/aromatic N) is 1. The van der Waals surface area contributed by atoms with Crippen molar-refractivity contribution < 1.29 is 19.4 Å². The van der Waals surface area contributed by atoms with Gasteiger partial charge in [0.2, 0.25) is 0 Å². The molecule has 2 amide bonds. The summed E-state index contributed by atoms with van der Waals surface area (Å²) in [5.41, 5.74) is 0.851. The Kier molecular flexibility index (Phi) is 5.71. The quantitative estimate of drug-likeness (QED) is 0.883. The van der Waals surface area contributed by atoms with Crippen LogP contribution in [-0.2, 0) is 11.3 Å². The summed E-state index contributed by atoms with van der Waals surface area (Å²) in [6, 6.07) is 5.05. The summed E-state index contributed by atoms with van der Waals surface area (Å²) in [7, 11) is 1.54. The van der Waals surface area contributed by atoms with E-state index in [-0.39, 0.29) is 18.5 Å². The van der Waals surface area contributed by atoms with Gasteiger partial charge in [0.05, 0.1) is 18.1 Å². The molecule has 0 saturated carbocycles. The van der Waals surface area contributed by atoms with Gasteiger partial charge in [-0.3, -0.25) is 4.79 Å². The summed E-state index contributed by atoms with van der Waals surface area (Å²) in [6.45, 7) is 3.09. The fourth-order valence-electron chi connectivity index (χ4n) is 2.81. The van der Waals surface area contributed by atoms with E-state index in [1.165, 1.54) is 0 Å². The molecule has 2 unspecified atom stereocenters. The Bertz CT molecular complexity index is 593. The minimum absolute atomic E-state index is 0.172. The molecule has 0 aliphatic carbocycles. The first kappa shape index (κ1) is 17.4. The molecule has 1 aliphatic rings. The number of likely N-dealkylation sites (tertiary alicyclic amines) is 1. The summed E-state index contributed by atoms with van der Waals surface area (Å²) < 4.78 is 5.08. The molecule has 1 aromatic carbocycles. The second kappa shape index (κ2) is 7.55. The molecule has 2 N–H and O–H groups in total. The molecule has 1 heterocycles. The summed E-state index contributed by atoms with van der Waals surface area (Å²) in [5.74, 6) is -0.599. The lowest BCUT2D eigenvalue weighted by Gasteiger charge is -2.34. The van der Waals surface area contributed by atoms with Crippen LogP contribution in [0, 0.1) is 11.8 Å². The topological polar surface area (TPSA) is 78.9 Å². The van der Waals surface area contributed by atoms with Gasteiger partial charge in [0.25, 0.3) is 0 Å². The Morgan fingerprint density at radius 1 is 1.43 bits per heavy atom. The van der Waals surface area contributed by atoms with E-state index in [0.29, 0.717) is 30.3 Å². The van der Waals surface area contributed by atoms with Crippen LogP contribution in [0.2, 0.25) is 5.02 Å². The predicted octanol–water partition coefficient (Wildman–Crippen LogP) is 2.60. The number of hydrogen-bond acceptors (Lipinski definition) is 3. The van der Waals surface area contributed by atoms with Crippen molar-refractivity contribution in [3.63, 3.8) is 0 Å². The van der Waals surface area contributed by atoms with Gasteiger partial charge in [0.15, 0.2) is 0 Å². The highest BCUT2D eigenvalue weighted by Crippen LogP contribution is 2.25. The SMILES string of the molecule is COc1ccc(CNC(=O)N2CC(C)CC(C(=O)O)C2)cc1Cl. The zero-order valence-electron chi connectivity index (χ0n) is 13.2. The summed E-state index contributed by atoms with van der Waals surface area (Å²) >= 11 is 6.05. The monoisotopic (exact) mass is 340 g/mol. The van der Waals surface area contributed by atoms with Crippen molar-refractivity contribution in [3.05, 3.63) is 28.8 Å². The molecule has 1 fully saturated rings. The molecule has 0 radical (unpaired) electrons. The highest BCUT2D eigenvalue weighted by Gasteiger charge is 2.31. The first-order valence-corrected chi connectivity index (χ1v) is 7.86. The third-order valence-electron chi connectivity index (χ3n) is 3.96. The van der Waals surface area contributed by atoms with Crippen molar-refractivity contribution >= 4 is 23.6 Å². The number of hydrogen-bond donors (Lipinski definition) is 2. The lowest BCUT2D eigenvalue weighted by Crippen LogP contribution is -2.49. The second-order valence-electron chi connectivity index (χ2n) is 5.91. The van der Waals surface area contributed by atoms with Gasteiger partial charge in [0.1, 0.15) is 5.75 Å². The zero-order chi connectivity index (χ0) is 17.0. The lowest BCUT2D eigenvalue weighted by atomic mass is 9.91. The van der Waals surface area contributed by atoms with Crippen LogP contribution in [0.1, 0.15) is 18.9 Å². The largest absolute Gasteiger partial charge is 0.495 e. The van der Waals surface area contributed by atoms with Crippen LogP contribution >= 0.6 is 11.6 Å². The highest BCUT2D eigenvalue weighted by atomic mass is 35.5. The number of benzene rings is 1. The number of carbonyl (C=O) groups is 2. The number of halogens is 1. The molecule has 7 heteroatoms. The second-order valence-corrected chi connectivity index (χ2v) is 6.32. The summed E-state index contributed by atoms with van der Waals surface area (Å²) in [6.07, 6.45) is 0.604. The van der Waals surface area contributed by atoms with Crippen molar-refractivity contribution in [2.75, 3.05) is 20.2 Å². The van der Waals surface area contributed by atoms with Crippen molar-refractivity contribution in [1.82, 2.24) is 10.2 Å². The van der Waals surface area contributed by atoms with Gasteiger partial charge in [-0.1, -0.05) is 24.6 Å². The number of piperidine rings is 1. The average molecular weight is 341 g/mol. The Hall–Kier alpha value is -1.95. The highest BCUT2D eigenvalue weighted by molar-refractivity contribution is 6.32. The maximum atomic E-state index is 12.3. The Labute approximate surface area is 140 Å². The van der Waals surface area contributed by atoms with Crippen LogP contribution in [-0.4, -0.2) is 42.2 Å². The molecule has 2 rings (SSSR count). The van der Waals surface area contributed by atoms with E-state index in [1.54, 1.807) is 24.1 Å². The van der Waals surface area contributed by atoms with Crippen LogP contribution in [0.15, 0.2) is 18.2 Å². The van der Waals surface area contributed by atoms with Gasteiger partial charge in [-0.2, -0.15) is 0 Å². The van der Waals surface area contributed by atoms with Crippen LogP contribution < -0.4 is 10.1 Å². The van der Waals surface area contributed by atoms with E-state index in [0.717, 1.165) is 5.56 Å². The number of carboxylic acid groups (broad SMARTS) is 1. The smallest absolute Gasteiger partial charge is 0.317 e. The van der Waals surface area contributed by atoms with Crippen LogP contribution in [0.3, 0.4) is 0 Å². The fourth-order valence-corrected chi connectivity index (χ4v) is 3.09. The van der Waals surface area contributed by atoms with E-state index in [9.17, 15) is 9.59 Å². The number of carbonyl (C=O) groups excluding carboxylic acids is 1. The number of carboxylic acids is 1. The number of urea groups is 1. The Morgan fingerprint density at radius 3 is 2.78 bits per heavy atom. The number of methoxy groups -OCH3 is 1. The standard InChI is InChI=1S/C16H21ClN2O4/c1-10-5-12(15(20)21)9-19(8-10)16(22)18-7-11-3-4-14(23-2)13(17)6-11/h3-4,6,10,12H,5,7-9H2,1-2H3,(H,18,22)(H,20,21). The predicted molar refractivity (Wildman–Crippen MR) is 86.7 cm³/mol. The number of ether oxygens (including phenoxy) is 1. The molecule has 6 nitrogen and oxygen atoms in total. The normalized spacial score (nSPS) is 20.9. The van der Waals surface area contributed by atoms with E-state index in [2.05, 4.69) is 5.32 Å². The number of aliphatic carboxylic acids is 1. The molecule has 1 aliphatic heterocycles. The summed E-state index contributed by atoms with van der Waals surface area (Å²) in [5, 5.41) is 12.4. The van der Waals surface area contributed by atoms with Crippen molar-refractivity contribution in [1.29, 1.82) is 0 Å². The molecular weight excluding hydrogens is 320 g/mol. The van der Waals surface area contributed by atoms with Gasteiger partial charge in [-0.05, 0) is 30.0 Å². The Morgan fingerprint density at radius 2 is 2.17 bits per heavy atom. The molecular formula is C16H21ClN2O4. The maximum Gasteiger partial charge on any atom is 0.317 e. The van der Waals surface area contributed by atoms with Gasteiger partial charge in [-0.15, -0.1) is 0 Å². The minimum Gasteiger partial charge on any atom is -0.495 e. The van der Waals surface area contributed by atoms with Crippen molar-refractivity contribution in [2.45, 2.75) is 19.9 Å². The van der Waals surface area contributed by atoms with Gasteiger partial charge in [-0.25, -0.2) is 4.79 Å². The molecule has 23 heavy (non-hydrogen) atoms. The maximum absolute atomic E-state index is 12.3. The average Bonchev–Trinajstić information content (AvgIpc) is 2.52. The van der Waals surface area contributed by atoms with E-state index in [4.69, 9.17) is 21.4 Å². The Balaban J connectivity index is 1.93. The third-order valence-corrected chi connectivity index (χ3v) is 4.25. The molecule has 126 valence electrons. The number of rotatable bonds is 4. The molecule has 1 aromatic rings. The van der Waals surface area contributed by atoms with Gasteiger partial charge < -0.3 is 20.1 Å². The molecule has 2 atom stereocenters.